The van der Waals surface area contributed by atoms with E-state index in [1.807, 2.05) is 26.7 Å². The lowest BCUT2D eigenvalue weighted by atomic mass is 10.1. The first-order valence-electron chi connectivity index (χ1n) is 8.56. The maximum Gasteiger partial charge on any atom is 0.320 e. The molecule has 1 aromatic heterocycles. The number of aryl methyl sites for hydroxylation is 1. The minimum atomic E-state index is 0.126. The summed E-state index contributed by atoms with van der Waals surface area (Å²) in [7, 11) is 0. The molecular formula is C16H26N4O2S. The number of nitrogens with zero attached hydrogens (tertiary/aromatic N) is 4. The second-order valence-electron chi connectivity index (χ2n) is 6.45. The standard InChI is InChI=1S/C16H26N4O2S/c1-14-13-23-16(22)20(14)12-9-17-7-10-19(11-8-17)15(21)18-5-3-2-4-6-18/h13H,2-12H2,1H3. The van der Waals surface area contributed by atoms with Gasteiger partial charge in [-0.3, -0.25) is 9.69 Å². The van der Waals surface area contributed by atoms with E-state index >= 15 is 0 Å². The van der Waals surface area contributed by atoms with Crippen molar-refractivity contribution in [2.24, 2.45) is 0 Å². The van der Waals surface area contributed by atoms with Crippen molar-refractivity contribution in [3.8, 4) is 0 Å². The van der Waals surface area contributed by atoms with E-state index < -0.39 is 0 Å². The predicted octanol–water partition coefficient (Wildman–Crippen LogP) is 1.44. The molecular weight excluding hydrogens is 312 g/mol. The molecule has 6 nitrogen and oxygen atoms in total. The molecule has 2 aliphatic rings. The normalized spacial score (nSPS) is 20.0. The van der Waals surface area contributed by atoms with Crippen LogP contribution >= 0.6 is 11.3 Å². The molecule has 128 valence electrons. The summed E-state index contributed by atoms with van der Waals surface area (Å²) in [4.78, 5) is 30.7. The maximum atomic E-state index is 12.5. The molecule has 2 saturated heterocycles. The zero-order valence-electron chi connectivity index (χ0n) is 13.9. The van der Waals surface area contributed by atoms with Gasteiger partial charge in [-0.25, -0.2) is 4.79 Å². The summed E-state index contributed by atoms with van der Waals surface area (Å²) in [5, 5.41) is 1.91. The fraction of sp³-hybridized carbons (Fsp3) is 0.750. The Morgan fingerprint density at radius 3 is 2.26 bits per heavy atom. The highest BCUT2D eigenvalue weighted by Gasteiger charge is 2.25. The number of carbonyl (C=O) groups excluding carboxylic acids is 1. The number of carbonyl (C=O) groups is 1. The Kier molecular flexibility index (Phi) is 5.38. The first kappa shape index (κ1) is 16.5. The molecule has 2 fully saturated rings. The fourth-order valence-electron chi connectivity index (χ4n) is 3.36. The van der Waals surface area contributed by atoms with Gasteiger partial charge in [0.2, 0.25) is 0 Å². The highest BCUT2D eigenvalue weighted by atomic mass is 32.1. The number of urea groups is 1. The molecule has 0 aromatic carbocycles. The topological polar surface area (TPSA) is 48.8 Å². The summed E-state index contributed by atoms with van der Waals surface area (Å²) in [6.07, 6.45) is 3.53. The van der Waals surface area contributed by atoms with Gasteiger partial charge in [0.1, 0.15) is 0 Å². The lowest BCUT2D eigenvalue weighted by molar-refractivity contribution is 0.106. The summed E-state index contributed by atoms with van der Waals surface area (Å²) in [6.45, 7) is 8.83. The molecule has 0 unspecified atom stereocenters. The van der Waals surface area contributed by atoms with E-state index in [0.29, 0.717) is 0 Å². The lowest BCUT2D eigenvalue weighted by Crippen LogP contribution is -2.54. The monoisotopic (exact) mass is 338 g/mol. The Labute approximate surface area is 141 Å². The molecule has 0 aliphatic carbocycles. The molecule has 3 heterocycles. The minimum Gasteiger partial charge on any atom is -0.325 e. The quantitative estimate of drug-likeness (QED) is 0.838. The van der Waals surface area contributed by atoms with Crippen LogP contribution in [-0.2, 0) is 6.54 Å². The van der Waals surface area contributed by atoms with Crippen LogP contribution in [0.15, 0.2) is 10.2 Å². The van der Waals surface area contributed by atoms with Gasteiger partial charge in [-0.15, -0.1) is 0 Å². The molecule has 0 atom stereocenters. The second kappa shape index (κ2) is 7.49. The largest absolute Gasteiger partial charge is 0.325 e. The molecule has 7 heteroatoms. The molecule has 0 bridgehead atoms. The first-order chi connectivity index (χ1) is 11.1. The molecule has 1 aromatic rings. The van der Waals surface area contributed by atoms with E-state index in [2.05, 4.69) is 4.90 Å². The Morgan fingerprint density at radius 1 is 1.00 bits per heavy atom. The molecule has 23 heavy (non-hydrogen) atoms. The molecule has 2 amide bonds. The zero-order chi connectivity index (χ0) is 16.2. The van der Waals surface area contributed by atoms with Gasteiger partial charge < -0.3 is 14.4 Å². The number of rotatable bonds is 3. The van der Waals surface area contributed by atoms with E-state index in [1.165, 1.54) is 17.8 Å². The highest BCUT2D eigenvalue weighted by Crippen LogP contribution is 2.13. The van der Waals surface area contributed by atoms with Crippen molar-refractivity contribution in [2.45, 2.75) is 32.7 Å². The Hall–Kier alpha value is -1.34. The molecule has 3 rings (SSSR count). The number of amides is 2. The maximum absolute atomic E-state index is 12.5. The second-order valence-corrected chi connectivity index (χ2v) is 7.27. The average molecular weight is 338 g/mol. The van der Waals surface area contributed by atoms with Crippen LogP contribution in [0.25, 0.3) is 0 Å². The van der Waals surface area contributed by atoms with Gasteiger partial charge in [0.25, 0.3) is 0 Å². The number of hydrogen-bond donors (Lipinski definition) is 0. The third-order valence-corrected chi connectivity index (χ3v) is 5.77. The van der Waals surface area contributed by atoms with Crippen LogP contribution in [0.2, 0.25) is 0 Å². The van der Waals surface area contributed by atoms with Crippen LogP contribution in [0.4, 0.5) is 4.79 Å². The van der Waals surface area contributed by atoms with Gasteiger partial charge in [-0.1, -0.05) is 11.3 Å². The number of aromatic nitrogens is 1. The summed E-state index contributed by atoms with van der Waals surface area (Å²) in [5.74, 6) is 0. The van der Waals surface area contributed by atoms with E-state index in [1.54, 1.807) is 0 Å². The third-order valence-electron chi connectivity index (χ3n) is 4.89. The van der Waals surface area contributed by atoms with E-state index in [4.69, 9.17) is 0 Å². The van der Waals surface area contributed by atoms with Crippen LogP contribution in [0.5, 0.6) is 0 Å². The molecule has 2 aliphatic heterocycles. The van der Waals surface area contributed by atoms with Gasteiger partial charge in [0.15, 0.2) is 0 Å². The van der Waals surface area contributed by atoms with Gasteiger partial charge >= 0.3 is 10.9 Å². The SMILES string of the molecule is Cc1csc(=O)n1CCN1CCN(C(=O)N2CCCCC2)CC1. The Bertz CT molecular complexity index is 583. The zero-order valence-corrected chi connectivity index (χ0v) is 14.7. The van der Waals surface area contributed by atoms with Gasteiger partial charge in [0.05, 0.1) is 0 Å². The van der Waals surface area contributed by atoms with Crippen molar-refractivity contribution in [1.82, 2.24) is 19.3 Å². The Balaban J connectivity index is 1.45. The summed E-state index contributed by atoms with van der Waals surface area (Å²) < 4.78 is 1.84. The van der Waals surface area contributed by atoms with Crippen molar-refractivity contribution in [1.29, 1.82) is 0 Å². The first-order valence-corrected chi connectivity index (χ1v) is 9.44. The van der Waals surface area contributed by atoms with Crippen LogP contribution in [0.3, 0.4) is 0 Å². The minimum absolute atomic E-state index is 0.126. The summed E-state index contributed by atoms with van der Waals surface area (Å²) in [5.41, 5.74) is 1.04. The molecule has 0 saturated carbocycles. The van der Waals surface area contributed by atoms with Gasteiger partial charge in [0, 0.05) is 63.4 Å². The van der Waals surface area contributed by atoms with Crippen molar-refractivity contribution < 1.29 is 4.79 Å². The van der Waals surface area contributed by atoms with E-state index in [0.717, 1.165) is 70.9 Å². The fourth-order valence-corrected chi connectivity index (χ4v) is 4.13. The van der Waals surface area contributed by atoms with Crippen molar-refractivity contribution in [3.63, 3.8) is 0 Å². The summed E-state index contributed by atoms with van der Waals surface area (Å²) in [6, 6.07) is 0.217. The molecule has 0 spiro atoms. The van der Waals surface area contributed by atoms with Gasteiger partial charge in [-0.2, -0.15) is 0 Å². The average Bonchev–Trinajstić information content (AvgIpc) is 2.92. The van der Waals surface area contributed by atoms with E-state index in [9.17, 15) is 9.59 Å². The highest BCUT2D eigenvalue weighted by molar-refractivity contribution is 7.07. The van der Waals surface area contributed by atoms with E-state index in [-0.39, 0.29) is 10.9 Å². The predicted molar refractivity (Wildman–Crippen MR) is 92.1 cm³/mol. The smallest absolute Gasteiger partial charge is 0.320 e. The number of piperazine rings is 1. The van der Waals surface area contributed by atoms with Crippen LogP contribution in [0.1, 0.15) is 25.0 Å². The van der Waals surface area contributed by atoms with Crippen molar-refractivity contribution >= 4 is 17.4 Å². The van der Waals surface area contributed by atoms with Crippen LogP contribution in [0, 0.1) is 6.92 Å². The van der Waals surface area contributed by atoms with Crippen molar-refractivity contribution in [3.05, 3.63) is 20.7 Å². The third kappa shape index (κ3) is 3.95. The van der Waals surface area contributed by atoms with Crippen LogP contribution in [-0.4, -0.2) is 71.1 Å². The number of piperidine rings is 1. The number of thiazole rings is 1. The number of likely N-dealkylation sites (tertiary alicyclic amines) is 1. The lowest BCUT2D eigenvalue weighted by Gasteiger charge is -2.38. The van der Waals surface area contributed by atoms with Crippen molar-refractivity contribution in [2.75, 3.05) is 45.8 Å². The molecule has 0 N–H and O–H groups in total. The van der Waals surface area contributed by atoms with Crippen LogP contribution < -0.4 is 4.87 Å². The molecule has 0 radical (unpaired) electrons. The number of hydrogen-bond acceptors (Lipinski definition) is 4. The Morgan fingerprint density at radius 2 is 1.65 bits per heavy atom. The summed E-state index contributed by atoms with van der Waals surface area (Å²) >= 11 is 1.27. The van der Waals surface area contributed by atoms with Gasteiger partial charge in [-0.05, 0) is 26.2 Å².